The van der Waals surface area contributed by atoms with Gasteiger partial charge < -0.3 is 10.0 Å². The van der Waals surface area contributed by atoms with Crippen LogP contribution in [0.4, 0.5) is 13.2 Å². The molecule has 40 heavy (non-hydrogen) atoms. The Balaban J connectivity index is 1.06. The number of hydrogen-bond acceptors (Lipinski definition) is 4. The highest BCUT2D eigenvalue weighted by molar-refractivity contribution is 5.94. The molecule has 1 saturated heterocycles. The molecule has 6 rings (SSSR count). The van der Waals surface area contributed by atoms with Crippen molar-refractivity contribution in [2.45, 2.75) is 83.4 Å². The predicted octanol–water partition coefficient (Wildman–Crippen LogP) is 5.81. The van der Waals surface area contributed by atoms with Crippen LogP contribution in [0.15, 0.2) is 24.3 Å². The van der Waals surface area contributed by atoms with E-state index in [0.717, 1.165) is 63.5 Å². The van der Waals surface area contributed by atoms with Gasteiger partial charge in [-0.25, -0.2) is 0 Å². The summed E-state index contributed by atoms with van der Waals surface area (Å²) in [5.74, 6) is 2.41. The van der Waals surface area contributed by atoms with Crippen molar-refractivity contribution in [1.82, 2.24) is 9.80 Å². The van der Waals surface area contributed by atoms with Crippen molar-refractivity contribution >= 4 is 11.7 Å². The molecule has 1 aliphatic heterocycles. The molecule has 1 aromatic rings. The van der Waals surface area contributed by atoms with Crippen LogP contribution in [0.3, 0.4) is 0 Å². The molecule has 0 radical (unpaired) electrons. The molecule has 0 bridgehead atoms. The van der Waals surface area contributed by atoms with Crippen molar-refractivity contribution in [2.24, 2.45) is 34.5 Å². The Morgan fingerprint density at radius 2 is 1.75 bits per heavy atom. The number of fused-ring (bicyclic) bond motifs is 5. The van der Waals surface area contributed by atoms with E-state index in [1.807, 2.05) is 0 Å². The number of carbonyl (C=O) groups is 2. The number of amides is 1. The van der Waals surface area contributed by atoms with Crippen LogP contribution in [-0.4, -0.2) is 64.9 Å². The number of alkyl halides is 3. The van der Waals surface area contributed by atoms with Crippen molar-refractivity contribution in [3.05, 3.63) is 35.4 Å². The first-order valence-electron chi connectivity index (χ1n) is 15.3. The molecule has 5 fully saturated rings. The molecule has 5 nitrogen and oxygen atoms in total. The molecule has 4 saturated carbocycles. The molecule has 0 aromatic heterocycles. The third kappa shape index (κ3) is 4.71. The quantitative estimate of drug-likeness (QED) is 0.507. The largest absolute Gasteiger partial charge is 0.416 e. The second-order valence-corrected chi connectivity index (χ2v) is 14.2. The Bertz CT molecular complexity index is 1160. The third-order valence-electron chi connectivity index (χ3n) is 12.1. The van der Waals surface area contributed by atoms with Crippen molar-refractivity contribution < 1.29 is 27.9 Å². The van der Waals surface area contributed by atoms with Gasteiger partial charge >= 0.3 is 6.18 Å². The Morgan fingerprint density at radius 1 is 1.00 bits per heavy atom. The number of hydrogen-bond donors (Lipinski definition) is 1. The summed E-state index contributed by atoms with van der Waals surface area (Å²) < 4.78 is 39.3. The highest BCUT2D eigenvalue weighted by Gasteiger charge is 2.61. The van der Waals surface area contributed by atoms with E-state index in [9.17, 15) is 27.9 Å². The van der Waals surface area contributed by atoms with Crippen LogP contribution < -0.4 is 0 Å². The zero-order valence-electron chi connectivity index (χ0n) is 23.8. The van der Waals surface area contributed by atoms with Crippen molar-refractivity contribution in [2.75, 3.05) is 32.7 Å². The van der Waals surface area contributed by atoms with Crippen LogP contribution in [-0.2, 0) is 11.0 Å². The van der Waals surface area contributed by atoms with Gasteiger partial charge in [0.2, 0.25) is 0 Å². The Labute approximate surface area is 235 Å². The molecule has 0 spiro atoms. The van der Waals surface area contributed by atoms with Gasteiger partial charge in [-0.05, 0) is 98.7 Å². The first-order chi connectivity index (χ1) is 18.8. The minimum Gasteiger partial charge on any atom is -0.389 e. The monoisotopic (exact) mass is 560 g/mol. The zero-order valence-corrected chi connectivity index (χ0v) is 23.8. The molecule has 1 heterocycles. The summed E-state index contributed by atoms with van der Waals surface area (Å²) in [7, 11) is 0. The summed E-state index contributed by atoms with van der Waals surface area (Å²) in [6.07, 6.45) is 4.37. The lowest BCUT2D eigenvalue weighted by Gasteiger charge is -2.61. The van der Waals surface area contributed by atoms with Crippen LogP contribution in [0.2, 0.25) is 0 Å². The lowest BCUT2D eigenvalue weighted by Crippen LogP contribution is -2.59. The fraction of sp³-hybridized carbons (Fsp3) is 0.750. The van der Waals surface area contributed by atoms with Crippen LogP contribution in [0, 0.1) is 34.5 Å². The van der Waals surface area contributed by atoms with Gasteiger partial charge in [0.1, 0.15) is 5.78 Å². The van der Waals surface area contributed by atoms with E-state index in [4.69, 9.17) is 0 Å². The van der Waals surface area contributed by atoms with Gasteiger partial charge in [0.15, 0.2) is 0 Å². The average Bonchev–Trinajstić information content (AvgIpc) is 3.23. The molecule has 1 N–H and O–H groups in total. The lowest BCUT2D eigenvalue weighted by molar-refractivity contribution is -0.157. The number of nitrogens with zero attached hydrogens (tertiary/aromatic N) is 2. The van der Waals surface area contributed by atoms with Gasteiger partial charge in [-0.1, -0.05) is 19.9 Å². The first kappa shape index (κ1) is 28.2. The fourth-order valence-electron chi connectivity index (χ4n) is 9.77. The number of carbonyl (C=O) groups excluding carboxylic acids is 2. The van der Waals surface area contributed by atoms with E-state index in [0.29, 0.717) is 62.2 Å². The van der Waals surface area contributed by atoms with Gasteiger partial charge in [-0.3, -0.25) is 14.5 Å². The summed E-state index contributed by atoms with van der Waals surface area (Å²) in [6, 6.07) is 4.64. The van der Waals surface area contributed by atoms with Crippen molar-refractivity contribution in [1.29, 1.82) is 0 Å². The van der Waals surface area contributed by atoms with Gasteiger partial charge in [0, 0.05) is 50.1 Å². The number of benzene rings is 1. The van der Waals surface area contributed by atoms with E-state index in [-0.39, 0.29) is 22.3 Å². The van der Waals surface area contributed by atoms with E-state index < -0.39 is 17.3 Å². The number of aliphatic hydroxyl groups is 1. The molecule has 2 unspecified atom stereocenters. The average molecular weight is 561 g/mol. The second kappa shape index (κ2) is 9.82. The number of β-amino-alcohol motifs (C(OH)–C–C–N with tert-alkyl or cyclic N) is 1. The van der Waals surface area contributed by atoms with E-state index in [1.54, 1.807) is 4.90 Å². The van der Waals surface area contributed by atoms with Gasteiger partial charge in [0.25, 0.3) is 5.91 Å². The molecular formula is C32H43F3N2O3. The van der Waals surface area contributed by atoms with E-state index >= 15 is 0 Å². The topological polar surface area (TPSA) is 60.9 Å². The van der Waals surface area contributed by atoms with E-state index in [2.05, 4.69) is 18.7 Å². The number of piperazine rings is 1. The van der Waals surface area contributed by atoms with Gasteiger partial charge in [-0.2, -0.15) is 13.2 Å². The van der Waals surface area contributed by atoms with Crippen LogP contribution in [0.1, 0.15) is 87.6 Å². The predicted molar refractivity (Wildman–Crippen MR) is 145 cm³/mol. The van der Waals surface area contributed by atoms with Crippen LogP contribution in [0.5, 0.6) is 0 Å². The Morgan fingerprint density at radius 3 is 2.48 bits per heavy atom. The van der Waals surface area contributed by atoms with Crippen LogP contribution in [0.25, 0.3) is 0 Å². The van der Waals surface area contributed by atoms with E-state index in [1.165, 1.54) is 18.6 Å². The second-order valence-electron chi connectivity index (χ2n) is 14.2. The van der Waals surface area contributed by atoms with Crippen molar-refractivity contribution in [3.8, 4) is 0 Å². The first-order valence-corrected chi connectivity index (χ1v) is 15.3. The maximum absolute atomic E-state index is 13.1. The summed E-state index contributed by atoms with van der Waals surface area (Å²) in [6.45, 7) is 7.36. The number of rotatable bonds is 3. The summed E-state index contributed by atoms with van der Waals surface area (Å²) in [4.78, 5) is 29.5. The normalized spacial score (nSPS) is 40.4. The smallest absolute Gasteiger partial charge is 0.389 e. The maximum atomic E-state index is 13.1. The molecular weight excluding hydrogens is 517 g/mol. The van der Waals surface area contributed by atoms with Gasteiger partial charge in [-0.15, -0.1) is 0 Å². The molecule has 4 aliphatic carbocycles. The Hall–Kier alpha value is -1.93. The Kier molecular flexibility index (Phi) is 6.93. The highest BCUT2D eigenvalue weighted by Crippen LogP contribution is 2.66. The lowest BCUT2D eigenvalue weighted by atomic mass is 9.44. The molecule has 220 valence electrons. The molecule has 8 heteroatoms. The minimum absolute atomic E-state index is 0.0640. The highest BCUT2D eigenvalue weighted by atomic mass is 19.4. The molecule has 1 aromatic carbocycles. The zero-order chi connectivity index (χ0) is 28.5. The fourth-order valence-corrected chi connectivity index (χ4v) is 9.77. The summed E-state index contributed by atoms with van der Waals surface area (Å²) in [5.41, 5.74) is -1.38. The van der Waals surface area contributed by atoms with Gasteiger partial charge in [0.05, 0.1) is 11.2 Å². The molecule has 7 atom stereocenters. The maximum Gasteiger partial charge on any atom is 0.416 e. The third-order valence-corrected chi connectivity index (χ3v) is 12.1. The summed E-state index contributed by atoms with van der Waals surface area (Å²) >= 11 is 0. The SMILES string of the molecule is C[C@]12CCC(O)(CN3CCN(C(=O)c4cccc(C(F)(F)F)c4)CC3)CC1CC[C@@H]1[C@H]2CC[C@]2(C)C(=O)CC[C@@H]12. The standard InChI is InChI=1S/C32H43F3N2O3/c1-29-12-13-31(40,19-23(29)6-7-24-25-8-9-27(38)30(25,2)11-10-26(24)29)20-36-14-16-37(17-15-36)28(39)21-4-3-5-22(18-21)32(33,34)35/h3-5,18,23-26,40H,6-17,19-20H2,1-2H3/t23?,24-,25-,26+,29-,30-,31?/m0/s1. The van der Waals surface area contributed by atoms with Crippen molar-refractivity contribution in [3.63, 3.8) is 0 Å². The number of ketones is 1. The minimum atomic E-state index is -4.48. The molecule has 5 aliphatic rings. The molecule has 1 amide bonds. The van der Waals surface area contributed by atoms with Crippen LogP contribution >= 0.6 is 0 Å². The summed E-state index contributed by atoms with van der Waals surface area (Å²) in [5, 5.41) is 11.8. The number of Topliss-reactive ketones (excluding diaryl/α,β-unsaturated/α-hetero) is 1. The number of halogens is 3.